The quantitative estimate of drug-likeness (QED) is 0.704. The van der Waals surface area contributed by atoms with Gasteiger partial charge >= 0.3 is 0 Å². The number of aromatic nitrogens is 1. The highest BCUT2D eigenvalue weighted by atomic mass is 35.5. The number of nitrogens with one attached hydrogen (secondary N) is 1. The van der Waals surface area contributed by atoms with Crippen molar-refractivity contribution >= 4 is 44.7 Å². The molecule has 0 unspecified atom stereocenters. The molecule has 0 saturated heterocycles. The van der Waals surface area contributed by atoms with Gasteiger partial charge in [-0.1, -0.05) is 23.7 Å². The Morgan fingerprint density at radius 1 is 1.19 bits per heavy atom. The number of hydrogen-bond donors (Lipinski definition) is 1. The maximum Gasteiger partial charge on any atom is 0.224 e. The molecule has 2 aromatic carbocycles. The van der Waals surface area contributed by atoms with Crippen LogP contribution in [0.25, 0.3) is 10.2 Å². The molecule has 0 atom stereocenters. The summed E-state index contributed by atoms with van der Waals surface area (Å²) in [5, 5.41) is 4.24. The monoisotopic (exact) mass is 388 g/mol. The largest absolute Gasteiger partial charge is 0.490 e. The third-order valence-electron chi connectivity index (χ3n) is 4.02. The Labute approximate surface area is 159 Å². The number of fused-ring (bicyclic) bond motifs is 2. The van der Waals surface area contributed by atoms with Gasteiger partial charge in [0.25, 0.3) is 0 Å². The standard InChI is InChI=1S/C19H17ClN2O3S/c20-12-10-15-16(25-9-3-8-24-15)11-14(12)21-18(23)6-7-19-22-13-4-1-2-5-17(13)26-19/h1-2,4-5,10-11H,3,6-9H2,(H,21,23). The Balaban J connectivity index is 1.42. The lowest BCUT2D eigenvalue weighted by Gasteiger charge is -2.12. The molecule has 5 nitrogen and oxygen atoms in total. The third-order valence-corrected chi connectivity index (χ3v) is 5.42. The van der Waals surface area contributed by atoms with E-state index in [1.807, 2.05) is 24.3 Å². The molecule has 7 heteroatoms. The highest BCUT2D eigenvalue weighted by Gasteiger charge is 2.16. The number of carbonyl (C=O) groups is 1. The number of thiazole rings is 1. The fourth-order valence-corrected chi connectivity index (χ4v) is 3.91. The first-order chi connectivity index (χ1) is 12.7. The van der Waals surface area contributed by atoms with Crippen molar-refractivity contribution in [2.75, 3.05) is 18.5 Å². The number of para-hydroxylation sites is 1. The van der Waals surface area contributed by atoms with Gasteiger partial charge < -0.3 is 14.8 Å². The van der Waals surface area contributed by atoms with E-state index >= 15 is 0 Å². The van der Waals surface area contributed by atoms with Crippen LogP contribution < -0.4 is 14.8 Å². The number of amides is 1. The molecule has 0 spiro atoms. The first kappa shape index (κ1) is 17.1. The molecule has 2 heterocycles. The Morgan fingerprint density at radius 2 is 1.96 bits per heavy atom. The van der Waals surface area contributed by atoms with E-state index in [9.17, 15) is 4.79 Å². The topological polar surface area (TPSA) is 60.5 Å². The Hall–Kier alpha value is -2.31. The minimum atomic E-state index is -0.111. The smallest absolute Gasteiger partial charge is 0.224 e. The summed E-state index contributed by atoms with van der Waals surface area (Å²) in [5.41, 5.74) is 1.50. The summed E-state index contributed by atoms with van der Waals surface area (Å²) in [6, 6.07) is 11.4. The van der Waals surface area contributed by atoms with Crippen molar-refractivity contribution in [3.8, 4) is 11.5 Å². The summed E-state index contributed by atoms with van der Waals surface area (Å²) in [4.78, 5) is 16.9. The third kappa shape index (κ3) is 3.76. The molecule has 0 radical (unpaired) electrons. The van der Waals surface area contributed by atoms with Crippen LogP contribution in [0.1, 0.15) is 17.8 Å². The first-order valence-electron chi connectivity index (χ1n) is 8.42. The van der Waals surface area contributed by atoms with Gasteiger partial charge in [0.05, 0.1) is 39.1 Å². The normalized spacial score (nSPS) is 13.4. The van der Waals surface area contributed by atoms with E-state index in [1.165, 1.54) is 0 Å². The molecule has 134 valence electrons. The predicted octanol–water partition coefficient (Wildman–Crippen LogP) is 4.68. The van der Waals surface area contributed by atoms with Crippen molar-refractivity contribution in [1.82, 2.24) is 4.98 Å². The SMILES string of the molecule is O=C(CCc1nc2ccccc2s1)Nc1cc2c(cc1Cl)OCCCO2. The van der Waals surface area contributed by atoms with Crippen LogP contribution in [-0.4, -0.2) is 24.1 Å². The van der Waals surface area contributed by atoms with Crippen LogP contribution >= 0.6 is 22.9 Å². The van der Waals surface area contributed by atoms with E-state index in [2.05, 4.69) is 10.3 Å². The zero-order valence-corrected chi connectivity index (χ0v) is 15.5. The van der Waals surface area contributed by atoms with Crippen molar-refractivity contribution in [1.29, 1.82) is 0 Å². The second-order valence-corrected chi connectivity index (χ2v) is 7.48. The van der Waals surface area contributed by atoms with Crippen LogP contribution in [0.2, 0.25) is 5.02 Å². The van der Waals surface area contributed by atoms with Crippen molar-refractivity contribution in [3.63, 3.8) is 0 Å². The van der Waals surface area contributed by atoms with Crippen molar-refractivity contribution in [2.24, 2.45) is 0 Å². The molecule has 0 saturated carbocycles. The Kier molecular flexibility index (Phi) is 4.95. The molecule has 1 aliphatic rings. The molecular weight excluding hydrogens is 372 g/mol. The molecule has 1 aliphatic heterocycles. The molecule has 4 rings (SSSR count). The van der Waals surface area contributed by atoms with Crippen LogP contribution in [0.4, 0.5) is 5.69 Å². The molecule has 0 bridgehead atoms. The lowest BCUT2D eigenvalue weighted by Crippen LogP contribution is -2.12. The lowest BCUT2D eigenvalue weighted by molar-refractivity contribution is -0.116. The molecule has 26 heavy (non-hydrogen) atoms. The van der Waals surface area contributed by atoms with Gasteiger partial charge in [0.1, 0.15) is 0 Å². The number of aryl methyl sites for hydroxylation is 1. The van der Waals surface area contributed by atoms with Gasteiger partial charge in [0, 0.05) is 31.4 Å². The van der Waals surface area contributed by atoms with Crippen LogP contribution in [0, 0.1) is 0 Å². The Bertz CT molecular complexity index is 924. The van der Waals surface area contributed by atoms with Crippen molar-refractivity contribution in [3.05, 3.63) is 46.4 Å². The van der Waals surface area contributed by atoms with Gasteiger partial charge in [-0.25, -0.2) is 4.98 Å². The van der Waals surface area contributed by atoms with Gasteiger partial charge in [0.2, 0.25) is 5.91 Å². The highest BCUT2D eigenvalue weighted by Crippen LogP contribution is 2.37. The van der Waals surface area contributed by atoms with Crippen LogP contribution in [0.15, 0.2) is 36.4 Å². The molecule has 1 aromatic heterocycles. The number of carbonyl (C=O) groups excluding carboxylic acids is 1. The molecule has 3 aromatic rings. The first-order valence-corrected chi connectivity index (χ1v) is 9.62. The van der Waals surface area contributed by atoms with Gasteiger partial charge in [-0.05, 0) is 12.1 Å². The average Bonchev–Trinajstić information content (AvgIpc) is 2.92. The number of nitrogens with zero attached hydrogens (tertiary/aromatic N) is 1. The van der Waals surface area contributed by atoms with Gasteiger partial charge in [-0.2, -0.15) is 0 Å². The summed E-state index contributed by atoms with van der Waals surface area (Å²) in [7, 11) is 0. The summed E-state index contributed by atoms with van der Waals surface area (Å²) >= 11 is 7.88. The van der Waals surface area contributed by atoms with Crippen LogP contribution in [0.3, 0.4) is 0 Å². The number of anilines is 1. The van der Waals surface area contributed by atoms with Gasteiger partial charge in [-0.3, -0.25) is 4.79 Å². The number of hydrogen-bond acceptors (Lipinski definition) is 5. The average molecular weight is 389 g/mol. The zero-order chi connectivity index (χ0) is 17.9. The van der Waals surface area contributed by atoms with E-state index in [0.717, 1.165) is 21.6 Å². The summed E-state index contributed by atoms with van der Waals surface area (Å²) in [6.45, 7) is 1.18. The summed E-state index contributed by atoms with van der Waals surface area (Å²) < 4.78 is 12.4. The number of halogens is 1. The lowest BCUT2D eigenvalue weighted by atomic mass is 10.2. The van der Waals surface area contributed by atoms with E-state index in [1.54, 1.807) is 23.5 Å². The van der Waals surface area contributed by atoms with Crippen molar-refractivity contribution in [2.45, 2.75) is 19.3 Å². The van der Waals surface area contributed by atoms with Crippen molar-refractivity contribution < 1.29 is 14.3 Å². The number of rotatable bonds is 4. The molecule has 0 fully saturated rings. The minimum Gasteiger partial charge on any atom is -0.490 e. The molecule has 0 aliphatic carbocycles. The molecule has 1 N–H and O–H groups in total. The second-order valence-electron chi connectivity index (χ2n) is 5.95. The van der Waals surface area contributed by atoms with Crippen LogP contribution in [0.5, 0.6) is 11.5 Å². The fourth-order valence-electron chi connectivity index (χ4n) is 2.74. The molecular formula is C19H17ClN2O3S. The Morgan fingerprint density at radius 3 is 2.77 bits per heavy atom. The zero-order valence-electron chi connectivity index (χ0n) is 14.0. The summed E-state index contributed by atoms with van der Waals surface area (Å²) in [6.07, 6.45) is 1.74. The van der Waals surface area contributed by atoms with Gasteiger partial charge in [-0.15, -0.1) is 11.3 Å². The van der Waals surface area contributed by atoms with E-state index in [4.69, 9.17) is 21.1 Å². The maximum atomic E-state index is 12.3. The van der Waals surface area contributed by atoms with E-state index in [0.29, 0.717) is 48.3 Å². The van der Waals surface area contributed by atoms with Gasteiger partial charge in [0.15, 0.2) is 11.5 Å². The van der Waals surface area contributed by atoms with Crippen LogP contribution in [-0.2, 0) is 11.2 Å². The number of benzene rings is 2. The summed E-state index contributed by atoms with van der Waals surface area (Å²) in [5.74, 6) is 1.11. The predicted molar refractivity (Wildman–Crippen MR) is 104 cm³/mol. The minimum absolute atomic E-state index is 0.111. The number of ether oxygens (including phenoxy) is 2. The maximum absolute atomic E-state index is 12.3. The second kappa shape index (κ2) is 7.51. The molecule has 1 amide bonds. The van der Waals surface area contributed by atoms with E-state index in [-0.39, 0.29) is 5.91 Å². The fraction of sp³-hybridized carbons (Fsp3) is 0.263. The highest BCUT2D eigenvalue weighted by molar-refractivity contribution is 7.18. The van der Waals surface area contributed by atoms with E-state index < -0.39 is 0 Å².